The predicted octanol–water partition coefficient (Wildman–Crippen LogP) is 0.0883. The monoisotopic (exact) mass is 183 g/mol. The molecule has 2 heterocycles. The van der Waals surface area contributed by atoms with Gasteiger partial charge in [-0.05, 0) is 6.92 Å². The summed E-state index contributed by atoms with van der Waals surface area (Å²) >= 11 is 0. The molecule has 0 aliphatic carbocycles. The summed E-state index contributed by atoms with van der Waals surface area (Å²) in [5.74, 6) is 0.644. The molecule has 0 atom stereocenters. The molecule has 0 unspecified atom stereocenters. The van der Waals surface area contributed by atoms with Crippen LogP contribution in [0, 0.1) is 6.92 Å². The van der Waals surface area contributed by atoms with E-state index < -0.39 is 0 Å². The lowest BCUT2D eigenvalue weighted by Gasteiger charge is -2.26. The molecule has 1 aliphatic rings. The molecule has 1 aromatic heterocycles. The first-order chi connectivity index (χ1) is 6.18. The van der Waals surface area contributed by atoms with Gasteiger partial charge >= 0.3 is 0 Å². The second kappa shape index (κ2) is 2.92. The van der Waals surface area contributed by atoms with Crippen LogP contribution < -0.4 is 10.5 Å². The second-order valence-corrected chi connectivity index (χ2v) is 3.21. The van der Waals surface area contributed by atoms with Crippen molar-refractivity contribution in [3.05, 3.63) is 5.69 Å². The van der Waals surface area contributed by atoms with Gasteiger partial charge in [0.15, 0.2) is 0 Å². The van der Waals surface area contributed by atoms with Crippen molar-refractivity contribution in [2.24, 2.45) is 7.05 Å². The van der Waals surface area contributed by atoms with Crippen LogP contribution >= 0.6 is 0 Å². The van der Waals surface area contributed by atoms with E-state index in [-0.39, 0.29) is 6.10 Å². The van der Waals surface area contributed by atoms with Crippen molar-refractivity contribution in [2.75, 3.05) is 18.9 Å². The molecule has 1 aliphatic heterocycles. The maximum Gasteiger partial charge on any atom is 0.236 e. The summed E-state index contributed by atoms with van der Waals surface area (Å²) in [5.41, 5.74) is 7.20. The maximum atomic E-state index is 5.78. The Morgan fingerprint density at radius 1 is 1.62 bits per heavy atom. The molecule has 0 saturated carbocycles. The number of nitrogens with zero attached hydrogens (tertiary/aromatic N) is 2. The van der Waals surface area contributed by atoms with Crippen LogP contribution in [0.4, 0.5) is 5.69 Å². The summed E-state index contributed by atoms with van der Waals surface area (Å²) in [4.78, 5) is 0. The Morgan fingerprint density at radius 2 is 2.31 bits per heavy atom. The van der Waals surface area contributed by atoms with E-state index in [4.69, 9.17) is 15.2 Å². The van der Waals surface area contributed by atoms with Crippen LogP contribution in [-0.2, 0) is 11.8 Å². The Morgan fingerprint density at radius 3 is 2.69 bits per heavy atom. The number of ether oxygens (including phenoxy) is 2. The number of rotatable bonds is 2. The van der Waals surface area contributed by atoms with Gasteiger partial charge in [0, 0.05) is 7.05 Å². The molecule has 1 saturated heterocycles. The molecule has 1 fully saturated rings. The zero-order chi connectivity index (χ0) is 9.42. The van der Waals surface area contributed by atoms with E-state index in [1.54, 1.807) is 4.68 Å². The van der Waals surface area contributed by atoms with Gasteiger partial charge in [-0.2, -0.15) is 5.10 Å². The van der Waals surface area contributed by atoms with Gasteiger partial charge in [-0.1, -0.05) is 0 Å². The summed E-state index contributed by atoms with van der Waals surface area (Å²) < 4.78 is 12.2. The van der Waals surface area contributed by atoms with E-state index in [0.717, 1.165) is 5.69 Å². The Labute approximate surface area is 76.4 Å². The third kappa shape index (κ3) is 1.35. The fraction of sp³-hybridized carbons (Fsp3) is 0.625. The summed E-state index contributed by atoms with van der Waals surface area (Å²) in [6, 6.07) is 0. The molecule has 5 heteroatoms. The van der Waals surface area contributed by atoms with E-state index in [1.807, 2.05) is 14.0 Å². The summed E-state index contributed by atoms with van der Waals surface area (Å²) in [6.07, 6.45) is 0.136. The molecule has 0 bridgehead atoms. The zero-order valence-corrected chi connectivity index (χ0v) is 7.78. The third-order valence-corrected chi connectivity index (χ3v) is 2.10. The van der Waals surface area contributed by atoms with Gasteiger partial charge in [0.25, 0.3) is 0 Å². The summed E-state index contributed by atoms with van der Waals surface area (Å²) in [5, 5.41) is 4.15. The van der Waals surface area contributed by atoms with E-state index >= 15 is 0 Å². The van der Waals surface area contributed by atoms with E-state index in [9.17, 15) is 0 Å². The highest BCUT2D eigenvalue weighted by molar-refractivity contribution is 5.52. The third-order valence-electron chi connectivity index (χ3n) is 2.10. The average Bonchev–Trinajstić information content (AvgIpc) is 2.21. The topological polar surface area (TPSA) is 62.3 Å². The van der Waals surface area contributed by atoms with Crippen LogP contribution in [0.15, 0.2) is 0 Å². The minimum Gasteiger partial charge on any atom is -0.468 e. The van der Waals surface area contributed by atoms with Crippen molar-refractivity contribution in [1.29, 1.82) is 0 Å². The Hall–Kier alpha value is -1.23. The molecule has 0 aromatic carbocycles. The van der Waals surface area contributed by atoms with Crippen molar-refractivity contribution in [3.8, 4) is 5.88 Å². The predicted molar refractivity (Wildman–Crippen MR) is 47.6 cm³/mol. The van der Waals surface area contributed by atoms with Crippen LogP contribution in [0.1, 0.15) is 5.69 Å². The minimum atomic E-state index is 0.136. The normalized spacial score (nSPS) is 17.1. The van der Waals surface area contributed by atoms with Crippen LogP contribution in [-0.4, -0.2) is 29.1 Å². The van der Waals surface area contributed by atoms with Crippen LogP contribution in [0.5, 0.6) is 5.88 Å². The fourth-order valence-corrected chi connectivity index (χ4v) is 1.23. The number of hydrogen-bond donors (Lipinski definition) is 1. The van der Waals surface area contributed by atoms with Crippen LogP contribution in [0.2, 0.25) is 0 Å². The summed E-state index contributed by atoms with van der Waals surface area (Å²) in [7, 11) is 1.82. The number of aromatic nitrogens is 2. The van der Waals surface area contributed by atoms with Gasteiger partial charge in [0.1, 0.15) is 11.8 Å². The van der Waals surface area contributed by atoms with Crippen molar-refractivity contribution < 1.29 is 9.47 Å². The Kier molecular flexibility index (Phi) is 1.88. The van der Waals surface area contributed by atoms with E-state index in [2.05, 4.69) is 5.10 Å². The molecule has 0 spiro atoms. The number of anilines is 1. The minimum absolute atomic E-state index is 0.136. The second-order valence-electron chi connectivity index (χ2n) is 3.21. The fourth-order valence-electron chi connectivity index (χ4n) is 1.23. The smallest absolute Gasteiger partial charge is 0.236 e. The quantitative estimate of drug-likeness (QED) is 0.705. The maximum absolute atomic E-state index is 5.78. The molecule has 13 heavy (non-hydrogen) atoms. The SMILES string of the molecule is Cc1nn(C)c(OC2COC2)c1N. The van der Waals surface area contributed by atoms with Gasteiger partial charge in [0.2, 0.25) is 5.88 Å². The molecule has 72 valence electrons. The van der Waals surface area contributed by atoms with Gasteiger partial charge in [0.05, 0.1) is 18.9 Å². The van der Waals surface area contributed by atoms with E-state index in [0.29, 0.717) is 24.8 Å². The zero-order valence-electron chi connectivity index (χ0n) is 7.78. The number of nitrogen functional groups attached to an aromatic ring is 1. The first kappa shape index (κ1) is 8.37. The van der Waals surface area contributed by atoms with Crippen LogP contribution in [0.25, 0.3) is 0 Å². The lowest BCUT2D eigenvalue weighted by atomic mass is 10.3. The summed E-state index contributed by atoms with van der Waals surface area (Å²) in [6.45, 7) is 3.15. The highest BCUT2D eigenvalue weighted by Crippen LogP contribution is 2.25. The molecule has 0 radical (unpaired) electrons. The Bertz CT molecular complexity index is 317. The lowest BCUT2D eigenvalue weighted by molar-refractivity contribution is -0.0823. The molecule has 2 N–H and O–H groups in total. The van der Waals surface area contributed by atoms with Gasteiger partial charge in [-0.25, -0.2) is 4.68 Å². The molecule has 1 aromatic rings. The largest absolute Gasteiger partial charge is 0.468 e. The first-order valence-corrected chi connectivity index (χ1v) is 4.22. The van der Waals surface area contributed by atoms with Gasteiger partial charge in [-0.3, -0.25) is 0 Å². The van der Waals surface area contributed by atoms with Crippen molar-refractivity contribution in [2.45, 2.75) is 13.0 Å². The first-order valence-electron chi connectivity index (χ1n) is 4.22. The molecular weight excluding hydrogens is 170 g/mol. The lowest BCUT2D eigenvalue weighted by Crippen LogP contribution is -2.39. The Balaban J connectivity index is 2.17. The van der Waals surface area contributed by atoms with E-state index in [1.165, 1.54) is 0 Å². The molecule has 2 rings (SSSR count). The van der Waals surface area contributed by atoms with Gasteiger partial charge in [-0.15, -0.1) is 0 Å². The standard InChI is InChI=1S/C8H13N3O2/c1-5-7(9)8(11(2)10-5)13-6-3-12-4-6/h6H,3-4,9H2,1-2H3. The van der Waals surface area contributed by atoms with Crippen LogP contribution in [0.3, 0.4) is 0 Å². The number of hydrogen-bond acceptors (Lipinski definition) is 4. The van der Waals surface area contributed by atoms with Gasteiger partial charge < -0.3 is 15.2 Å². The average molecular weight is 183 g/mol. The van der Waals surface area contributed by atoms with Crippen molar-refractivity contribution in [1.82, 2.24) is 9.78 Å². The molecular formula is C8H13N3O2. The number of aryl methyl sites for hydroxylation is 2. The number of nitrogens with two attached hydrogens (primary N) is 1. The van der Waals surface area contributed by atoms with Crippen molar-refractivity contribution >= 4 is 5.69 Å². The molecule has 5 nitrogen and oxygen atoms in total. The highest BCUT2D eigenvalue weighted by Gasteiger charge is 2.23. The highest BCUT2D eigenvalue weighted by atomic mass is 16.6. The van der Waals surface area contributed by atoms with Crippen molar-refractivity contribution in [3.63, 3.8) is 0 Å². The molecule has 0 amide bonds.